The minimum atomic E-state index is -0.435. The molecule has 6 nitrogen and oxygen atoms in total. The monoisotopic (exact) mass is 441 g/mol. The molecule has 0 radical (unpaired) electrons. The molecule has 0 aliphatic carbocycles. The molecule has 0 unspecified atom stereocenters. The summed E-state index contributed by atoms with van der Waals surface area (Å²) < 4.78 is 6.32. The normalized spacial score (nSPS) is 10.0. The van der Waals surface area contributed by atoms with Crippen LogP contribution in [-0.2, 0) is 0 Å². The van der Waals surface area contributed by atoms with E-state index in [1.54, 1.807) is 35.7 Å². The third kappa shape index (κ3) is 5.80. The van der Waals surface area contributed by atoms with E-state index < -0.39 is 5.91 Å². The molecule has 0 fully saturated rings. The Morgan fingerprint density at radius 2 is 2.04 bits per heavy atom. The zero-order chi connectivity index (χ0) is 18.2. The Morgan fingerprint density at radius 1 is 1.24 bits per heavy atom. The van der Waals surface area contributed by atoms with Gasteiger partial charge in [0.2, 0.25) is 0 Å². The second kappa shape index (κ2) is 9.50. The zero-order valence-corrected chi connectivity index (χ0v) is 16.5. The van der Waals surface area contributed by atoms with E-state index in [2.05, 4.69) is 32.1 Å². The summed E-state index contributed by atoms with van der Waals surface area (Å²) in [5, 5.41) is 4.28. The van der Waals surface area contributed by atoms with Crippen LogP contribution in [0.25, 0.3) is 0 Å². The minimum absolute atomic E-state index is 0.0173. The van der Waals surface area contributed by atoms with Crippen molar-refractivity contribution in [2.45, 2.75) is 13.3 Å². The van der Waals surface area contributed by atoms with E-state index in [4.69, 9.17) is 17.0 Å². The first-order chi connectivity index (χ1) is 12.0. The van der Waals surface area contributed by atoms with Crippen LogP contribution < -0.4 is 20.9 Å². The number of amides is 2. The number of thiocarbonyl (C=S) groups is 1. The van der Waals surface area contributed by atoms with E-state index >= 15 is 0 Å². The van der Waals surface area contributed by atoms with Crippen molar-refractivity contribution >= 4 is 56.4 Å². The summed E-state index contributed by atoms with van der Waals surface area (Å²) in [6.07, 6.45) is 0.825. The summed E-state index contributed by atoms with van der Waals surface area (Å²) in [4.78, 5) is 24.8. The van der Waals surface area contributed by atoms with E-state index in [-0.39, 0.29) is 11.0 Å². The van der Waals surface area contributed by atoms with Crippen molar-refractivity contribution < 1.29 is 14.3 Å². The molecule has 2 amide bonds. The van der Waals surface area contributed by atoms with Crippen molar-refractivity contribution in [2.75, 3.05) is 6.61 Å². The van der Waals surface area contributed by atoms with E-state index in [1.165, 1.54) is 11.3 Å². The van der Waals surface area contributed by atoms with Crippen LogP contribution in [0.5, 0.6) is 5.75 Å². The van der Waals surface area contributed by atoms with Crippen LogP contribution in [0, 0.1) is 0 Å². The van der Waals surface area contributed by atoms with Crippen LogP contribution in [0.15, 0.2) is 40.2 Å². The van der Waals surface area contributed by atoms with Gasteiger partial charge in [-0.2, -0.15) is 0 Å². The third-order valence-corrected chi connectivity index (χ3v) is 4.48. The van der Waals surface area contributed by atoms with Crippen LogP contribution in [0.4, 0.5) is 0 Å². The van der Waals surface area contributed by atoms with Gasteiger partial charge in [0.25, 0.3) is 11.8 Å². The molecule has 2 rings (SSSR count). The number of ether oxygens (including phenoxy) is 1. The lowest BCUT2D eigenvalue weighted by atomic mass is 10.2. The number of halogens is 1. The van der Waals surface area contributed by atoms with Crippen LogP contribution in [0.3, 0.4) is 0 Å². The molecular weight excluding hydrogens is 426 g/mol. The fraction of sp³-hybridized carbons (Fsp3) is 0.188. The molecule has 0 aliphatic rings. The quantitative estimate of drug-likeness (QED) is 0.490. The fourth-order valence-electron chi connectivity index (χ4n) is 1.80. The van der Waals surface area contributed by atoms with Crippen LogP contribution in [-0.4, -0.2) is 23.5 Å². The lowest BCUT2D eigenvalue weighted by Crippen LogP contribution is -2.48. The van der Waals surface area contributed by atoms with Crippen molar-refractivity contribution in [3.63, 3.8) is 0 Å². The van der Waals surface area contributed by atoms with Gasteiger partial charge in [0.15, 0.2) is 5.11 Å². The molecule has 1 aromatic heterocycles. The molecule has 25 heavy (non-hydrogen) atoms. The molecule has 0 spiro atoms. The van der Waals surface area contributed by atoms with Gasteiger partial charge in [0.05, 0.1) is 17.0 Å². The van der Waals surface area contributed by atoms with E-state index in [0.29, 0.717) is 22.8 Å². The molecule has 0 bridgehead atoms. The van der Waals surface area contributed by atoms with Gasteiger partial charge in [-0.3, -0.25) is 25.8 Å². The number of nitrogens with one attached hydrogen (secondary N) is 3. The highest BCUT2D eigenvalue weighted by Gasteiger charge is 2.15. The second-order valence-corrected chi connectivity index (χ2v) is 7.10. The number of carbonyl (C=O) groups is 2. The smallest absolute Gasteiger partial charge is 0.279 e. The first-order valence-corrected chi connectivity index (χ1v) is 9.47. The van der Waals surface area contributed by atoms with Gasteiger partial charge >= 0.3 is 0 Å². The van der Waals surface area contributed by atoms with Gasteiger partial charge in [0.1, 0.15) is 5.75 Å². The van der Waals surface area contributed by atoms with E-state index in [1.807, 2.05) is 6.92 Å². The summed E-state index contributed by atoms with van der Waals surface area (Å²) in [5.41, 5.74) is 5.27. The molecule has 0 saturated heterocycles. The Balaban J connectivity index is 1.95. The number of hydrogen-bond donors (Lipinski definition) is 3. The Kier molecular flexibility index (Phi) is 7.35. The summed E-state index contributed by atoms with van der Waals surface area (Å²) in [6.45, 7) is 2.48. The van der Waals surface area contributed by atoms with Gasteiger partial charge in [-0.25, -0.2) is 0 Å². The average molecular weight is 442 g/mol. The minimum Gasteiger partial charge on any atom is -0.493 e. The maximum absolute atomic E-state index is 12.4. The van der Waals surface area contributed by atoms with Crippen LogP contribution in [0.2, 0.25) is 0 Å². The Labute approximate surface area is 163 Å². The van der Waals surface area contributed by atoms with E-state index in [0.717, 1.165) is 10.9 Å². The molecule has 0 aliphatic heterocycles. The average Bonchev–Trinajstić information content (AvgIpc) is 3.13. The van der Waals surface area contributed by atoms with Crippen LogP contribution in [0.1, 0.15) is 33.4 Å². The third-order valence-electron chi connectivity index (χ3n) is 2.91. The SMILES string of the molecule is CCCOc1ccc(Br)cc1C(=O)NC(=S)NNC(=O)c1cccs1. The number of hydrogen-bond acceptors (Lipinski definition) is 5. The molecule has 1 heterocycles. The molecule has 0 saturated carbocycles. The maximum Gasteiger partial charge on any atom is 0.279 e. The van der Waals surface area contributed by atoms with Gasteiger partial charge < -0.3 is 4.74 Å². The van der Waals surface area contributed by atoms with Gasteiger partial charge in [-0.05, 0) is 48.3 Å². The Morgan fingerprint density at radius 3 is 2.72 bits per heavy atom. The van der Waals surface area contributed by atoms with E-state index in [9.17, 15) is 9.59 Å². The first kappa shape index (κ1) is 19.4. The zero-order valence-electron chi connectivity index (χ0n) is 13.3. The lowest BCUT2D eigenvalue weighted by molar-refractivity contribution is 0.0937. The molecule has 132 valence electrons. The highest BCUT2D eigenvalue weighted by atomic mass is 79.9. The van der Waals surface area contributed by atoms with Crippen molar-refractivity contribution in [1.82, 2.24) is 16.2 Å². The lowest BCUT2D eigenvalue weighted by Gasteiger charge is -2.13. The Hall–Kier alpha value is -1.97. The second-order valence-electron chi connectivity index (χ2n) is 4.83. The molecular formula is C16H16BrN3O3S2. The molecule has 0 atom stereocenters. The first-order valence-electron chi connectivity index (χ1n) is 7.38. The van der Waals surface area contributed by atoms with Crippen molar-refractivity contribution in [3.8, 4) is 5.75 Å². The summed E-state index contributed by atoms with van der Waals surface area (Å²) in [7, 11) is 0. The van der Waals surface area contributed by atoms with Crippen molar-refractivity contribution in [3.05, 3.63) is 50.6 Å². The molecule has 3 N–H and O–H groups in total. The summed E-state index contributed by atoms with van der Waals surface area (Å²) >= 11 is 9.67. The van der Waals surface area contributed by atoms with Crippen molar-refractivity contribution in [1.29, 1.82) is 0 Å². The number of carbonyl (C=O) groups excluding carboxylic acids is 2. The Bertz CT molecular complexity index is 766. The highest BCUT2D eigenvalue weighted by molar-refractivity contribution is 9.10. The van der Waals surface area contributed by atoms with Crippen LogP contribution >= 0.6 is 39.5 Å². The predicted octanol–water partition coefficient (Wildman–Crippen LogP) is 3.25. The standard InChI is InChI=1S/C16H16BrN3O3S2/c1-2-7-23-12-6-5-10(17)9-11(12)14(21)18-16(24)20-19-15(22)13-4-3-8-25-13/h3-6,8-9H,2,7H2,1H3,(H,19,22)(H2,18,20,21,24). The number of hydrazine groups is 1. The fourth-order valence-corrected chi connectivity index (χ4v) is 2.93. The topological polar surface area (TPSA) is 79.5 Å². The number of thiophene rings is 1. The molecule has 2 aromatic rings. The summed E-state index contributed by atoms with van der Waals surface area (Å²) in [6, 6.07) is 8.60. The predicted molar refractivity (Wildman–Crippen MR) is 105 cm³/mol. The summed E-state index contributed by atoms with van der Waals surface area (Å²) in [5.74, 6) is -0.302. The van der Waals surface area contributed by atoms with Gasteiger partial charge in [-0.15, -0.1) is 11.3 Å². The molecule has 9 heteroatoms. The largest absolute Gasteiger partial charge is 0.493 e. The maximum atomic E-state index is 12.4. The van der Waals surface area contributed by atoms with Gasteiger partial charge in [0, 0.05) is 4.47 Å². The van der Waals surface area contributed by atoms with Crippen molar-refractivity contribution in [2.24, 2.45) is 0 Å². The molecule has 1 aromatic carbocycles. The number of rotatable bonds is 5. The number of benzene rings is 1. The van der Waals surface area contributed by atoms with Gasteiger partial charge in [-0.1, -0.05) is 28.9 Å². The highest BCUT2D eigenvalue weighted by Crippen LogP contribution is 2.23.